The van der Waals surface area contributed by atoms with Crippen LogP contribution in [0.2, 0.25) is 0 Å². The van der Waals surface area contributed by atoms with Crippen molar-refractivity contribution in [2.24, 2.45) is 4.99 Å². The lowest BCUT2D eigenvalue weighted by molar-refractivity contribution is 0.322. The molecule has 2 rings (SSSR count). The van der Waals surface area contributed by atoms with Crippen molar-refractivity contribution in [2.75, 3.05) is 26.7 Å². The van der Waals surface area contributed by atoms with Crippen molar-refractivity contribution >= 4 is 5.96 Å². The summed E-state index contributed by atoms with van der Waals surface area (Å²) >= 11 is 0. The van der Waals surface area contributed by atoms with Gasteiger partial charge in [-0.25, -0.2) is 0 Å². The number of nitrogens with one attached hydrogen (secondary N) is 2. The molecular formula is C19H30N6O. The Morgan fingerprint density at radius 1 is 1.19 bits per heavy atom. The Labute approximate surface area is 155 Å². The molecule has 7 heteroatoms. The maximum atomic E-state index is 5.76. The molecule has 0 amide bonds. The van der Waals surface area contributed by atoms with Gasteiger partial charge in [0, 0.05) is 26.6 Å². The van der Waals surface area contributed by atoms with Crippen LogP contribution in [-0.2, 0) is 13.0 Å². The van der Waals surface area contributed by atoms with Gasteiger partial charge >= 0.3 is 0 Å². The van der Waals surface area contributed by atoms with Gasteiger partial charge in [-0.1, -0.05) is 32.9 Å². The van der Waals surface area contributed by atoms with Crippen molar-refractivity contribution in [2.45, 2.75) is 39.7 Å². The standard InChI is InChI=1S/C19H30N6O/c1-5-18-24-23-14-25(18)12-10-21-19(20-4)22-11-13-26-17-8-6-16(7-9-17)15(2)3/h6-9,14-15H,5,10-13H2,1-4H3,(H2,20,21,22). The highest BCUT2D eigenvalue weighted by atomic mass is 16.5. The summed E-state index contributed by atoms with van der Waals surface area (Å²) in [6.07, 6.45) is 2.64. The normalized spacial score (nSPS) is 11.7. The van der Waals surface area contributed by atoms with Gasteiger partial charge < -0.3 is 19.9 Å². The van der Waals surface area contributed by atoms with Crippen LogP contribution < -0.4 is 15.4 Å². The molecule has 26 heavy (non-hydrogen) atoms. The van der Waals surface area contributed by atoms with Gasteiger partial charge in [0.25, 0.3) is 0 Å². The third-order valence-corrected chi connectivity index (χ3v) is 4.09. The van der Waals surface area contributed by atoms with E-state index in [1.165, 1.54) is 5.56 Å². The molecule has 0 aliphatic heterocycles. The second kappa shape index (κ2) is 10.4. The number of nitrogens with zero attached hydrogens (tertiary/aromatic N) is 4. The van der Waals surface area contributed by atoms with Crippen LogP contribution in [0.3, 0.4) is 0 Å². The molecule has 0 radical (unpaired) electrons. The molecule has 0 aliphatic carbocycles. The predicted molar refractivity (Wildman–Crippen MR) is 105 cm³/mol. The highest BCUT2D eigenvalue weighted by Gasteiger charge is 2.03. The predicted octanol–water partition coefficient (Wildman–Crippen LogP) is 2.21. The second-order valence-electron chi connectivity index (χ2n) is 6.29. The van der Waals surface area contributed by atoms with E-state index >= 15 is 0 Å². The zero-order valence-corrected chi connectivity index (χ0v) is 16.2. The summed E-state index contributed by atoms with van der Waals surface area (Å²) in [5.41, 5.74) is 1.32. The molecule has 7 nitrogen and oxygen atoms in total. The van der Waals surface area contributed by atoms with Crippen molar-refractivity contribution in [1.82, 2.24) is 25.4 Å². The molecule has 0 saturated heterocycles. The lowest BCUT2D eigenvalue weighted by Crippen LogP contribution is -2.40. The monoisotopic (exact) mass is 358 g/mol. The molecule has 1 heterocycles. The maximum absolute atomic E-state index is 5.76. The fraction of sp³-hybridized carbons (Fsp3) is 0.526. The number of hydrogen-bond acceptors (Lipinski definition) is 4. The number of aryl methyl sites for hydroxylation is 1. The highest BCUT2D eigenvalue weighted by molar-refractivity contribution is 5.79. The fourth-order valence-corrected chi connectivity index (χ4v) is 2.54. The zero-order chi connectivity index (χ0) is 18.8. The lowest BCUT2D eigenvalue weighted by Gasteiger charge is -2.13. The van der Waals surface area contributed by atoms with Crippen LogP contribution in [0.15, 0.2) is 35.6 Å². The van der Waals surface area contributed by atoms with E-state index in [0.717, 1.165) is 37.0 Å². The summed E-state index contributed by atoms with van der Waals surface area (Å²) in [6.45, 7) is 9.25. The SMILES string of the molecule is CCc1nncn1CCNC(=NC)NCCOc1ccc(C(C)C)cc1. The van der Waals surface area contributed by atoms with Crippen LogP contribution in [0, 0.1) is 0 Å². The third kappa shape index (κ3) is 6.06. The van der Waals surface area contributed by atoms with E-state index in [2.05, 4.69) is 58.7 Å². The molecule has 1 aromatic heterocycles. The number of ether oxygens (including phenoxy) is 1. The summed E-state index contributed by atoms with van der Waals surface area (Å²) < 4.78 is 7.81. The first-order chi connectivity index (χ1) is 12.6. The lowest BCUT2D eigenvalue weighted by atomic mass is 10.0. The third-order valence-electron chi connectivity index (χ3n) is 4.09. The van der Waals surface area contributed by atoms with Gasteiger partial charge in [-0.05, 0) is 23.6 Å². The van der Waals surface area contributed by atoms with E-state index in [0.29, 0.717) is 19.1 Å². The molecule has 0 fully saturated rings. The fourth-order valence-electron chi connectivity index (χ4n) is 2.54. The first-order valence-corrected chi connectivity index (χ1v) is 9.18. The zero-order valence-electron chi connectivity index (χ0n) is 16.2. The van der Waals surface area contributed by atoms with Gasteiger partial charge in [-0.2, -0.15) is 0 Å². The Bertz CT molecular complexity index is 678. The number of guanidine groups is 1. The summed E-state index contributed by atoms with van der Waals surface area (Å²) in [4.78, 5) is 4.22. The first kappa shape index (κ1) is 19.8. The summed E-state index contributed by atoms with van der Waals surface area (Å²) in [5, 5.41) is 14.6. The molecule has 0 spiro atoms. The van der Waals surface area contributed by atoms with E-state index in [1.54, 1.807) is 13.4 Å². The molecule has 2 N–H and O–H groups in total. The van der Waals surface area contributed by atoms with Crippen LogP contribution >= 0.6 is 0 Å². The van der Waals surface area contributed by atoms with Crippen molar-refractivity contribution in [3.05, 3.63) is 42.0 Å². The molecule has 142 valence electrons. The number of hydrogen-bond donors (Lipinski definition) is 2. The number of benzene rings is 1. The van der Waals surface area contributed by atoms with Gasteiger partial charge in [-0.3, -0.25) is 4.99 Å². The van der Waals surface area contributed by atoms with E-state index < -0.39 is 0 Å². The van der Waals surface area contributed by atoms with E-state index in [-0.39, 0.29) is 0 Å². The smallest absolute Gasteiger partial charge is 0.191 e. The van der Waals surface area contributed by atoms with E-state index in [9.17, 15) is 0 Å². The van der Waals surface area contributed by atoms with Gasteiger partial charge in [0.15, 0.2) is 5.96 Å². The van der Waals surface area contributed by atoms with Crippen LogP contribution in [0.25, 0.3) is 0 Å². The van der Waals surface area contributed by atoms with Gasteiger partial charge in [0.2, 0.25) is 0 Å². The number of aromatic nitrogens is 3. The summed E-state index contributed by atoms with van der Waals surface area (Å²) in [5.74, 6) is 3.17. The Hall–Kier alpha value is -2.57. The molecule has 0 aliphatic rings. The minimum atomic E-state index is 0.534. The minimum absolute atomic E-state index is 0.534. The van der Waals surface area contributed by atoms with Crippen LogP contribution in [-0.4, -0.2) is 47.5 Å². The highest BCUT2D eigenvalue weighted by Crippen LogP contribution is 2.18. The van der Waals surface area contributed by atoms with Gasteiger partial charge in [0.1, 0.15) is 24.5 Å². The van der Waals surface area contributed by atoms with Crippen molar-refractivity contribution in [3.63, 3.8) is 0 Å². The topological polar surface area (TPSA) is 76.4 Å². The molecule has 0 saturated carbocycles. The Balaban J connectivity index is 1.65. The Morgan fingerprint density at radius 3 is 2.58 bits per heavy atom. The van der Waals surface area contributed by atoms with Crippen molar-refractivity contribution in [3.8, 4) is 5.75 Å². The van der Waals surface area contributed by atoms with Crippen molar-refractivity contribution in [1.29, 1.82) is 0 Å². The summed E-state index contributed by atoms with van der Waals surface area (Å²) in [6, 6.07) is 8.27. The molecule has 0 atom stereocenters. The first-order valence-electron chi connectivity index (χ1n) is 9.18. The van der Waals surface area contributed by atoms with Crippen molar-refractivity contribution < 1.29 is 4.74 Å². The average molecular weight is 358 g/mol. The maximum Gasteiger partial charge on any atom is 0.191 e. The molecule has 0 unspecified atom stereocenters. The minimum Gasteiger partial charge on any atom is -0.492 e. The molecular weight excluding hydrogens is 328 g/mol. The number of aliphatic imine (C=N–C) groups is 1. The van der Waals surface area contributed by atoms with Crippen LogP contribution in [0.5, 0.6) is 5.75 Å². The Morgan fingerprint density at radius 2 is 1.92 bits per heavy atom. The van der Waals surface area contributed by atoms with E-state index in [1.807, 2.05) is 16.7 Å². The van der Waals surface area contributed by atoms with Gasteiger partial charge in [0.05, 0.1) is 6.54 Å². The Kier molecular flexibility index (Phi) is 7.92. The van der Waals surface area contributed by atoms with Crippen LogP contribution in [0.1, 0.15) is 38.1 Å². The molecule has 0 bridgehead atoms. The average Bonchev–Trinajstić information content (AvgIpc) is 3.11. The largest absolute Gasteiger partial charge is 0.492 e. The quantitative estimate of drug-likeness (QED) is 0.408. The van der Waals surface area contributed by atoms with Crippen LogP contribution in [0.4, 0.5) is 0 Å². The molecule has 2 aromatic rings. The number of rotatable bonds is 9. The second-order valence-corrected chi connectivity index (χ2v) is 6.29. The van der Waals surface area contributed by atoms with E-state index in [4.69, 9.17) is 4.74 Å². The summed E-state index contributed by atoms with van der Waals surface area (Å²) in [7, 11) is 1.76. The van der Waals surface area contributed by atoms with Gasteiger partial charge in [-0.15, -0.1) is 10.2 Å². The molecule has 1 aromatic carbocycles.